The van der Waals surface area contributed by atoms with E-state index < -0.39 is 34.5 Å². The fraction of sp³-hybridized carbons (Fsp3) is 0.250. The Labute approximate surface area is 172 Å². The molecule has 0 fully saturated rings. The zero-order chi connectivity index (χ0) is 22.1. The second-order valence-electron chi connectivity index (χ2n) is 6.53. The van der Waals surface area contributed by atoms with Gasteiger partial charge in [0.05, 0.1) is 23.6 Å². The van der Waals surface area contributed by atoms with Crippen molar-refractivity contribution >= 4 is 32.6 Å². The number of nitrogens with one attached hydrogen (secondary N) is 2. The third-order valence-electron chi connectivity index (χ3n) is 4.60. The molecule has 0 bridgehead atoms. The van der Waals surface area contributed by atoms with Gasteiger partial charge in [0.25, 0.3) is 5.91 Å². The predicted molar refractivity (Wildman–Crippen MR) is 110 cm³/mol. The zero-order valence-electron chi connectivity index (χ0n) is 16.3. The number of aliphatic hydroxyl groups is 2. The molecular formula is C20H21FN2O6S. The van der Waals surface area contributed by atoms with Gasteiger partial charge in [-0.3, -0.25) is 9.52 Å². The highest BCUT2D eigenvalue weighted by atomic mass is 32.2. The second kappa shape index (κ2) is 8.42. The summed E-state index contributed by atoms with van der Waals surface area (Å²) in [7, 11) is -2.26. The van der Waals surface area contributed by atoms with E-state index in [4.69, 9.17) is 4.42 Å². The molecule has 0 saturated carbocycles. The van der Waals surface area contributed by atoms with Crippen LogP contribution in [-0.4, -0.2) is 43.9 Å². The van der Waals surface area contributed by atoms with Crippen molar-refractivity contribution in [2.24, 2.45) is 0 Å². The summed E-state index contributed by atoms with van der Waals surface area (Å²) < 4.78 is 45.7. The average Bonchev–Trinajstić information content (AvgIpc) is 3.10. The van der Waals surface area contributed by atoms with Crippen molar-refractivity contribution in [2.45, 2.75) is 13.0 Å². The Hall–Kier alpha value is -2.95. The number of carbonyl (C=O) groups excluding carboxylic acids is 1. The number of fused-ring (bicyclic) bond motifs is 1. The van der Waals surface area contributed by atoms with Crippen LogP contribution in [0.15, 0.2) is 40.8 Å². The van der Waals surface area contributed by atoms with Crippen LogP contribution in [0.1, 0.15) is 28.9 Å². The maximum atomic E-state index is 13.3. The van der Waals surface area contributed by atoms with Crippen molar-refractivity contribution in [3.63, 3.8) is 0 Å². The molecule has 30 heavy (non-hydrogen) atoms. The molecule has 4 N–H and O–H groups in total. The summed E-state index contributed by atoms with van der Waals surface area (Å²) in [5, 5.41) is 22.4. The van der Waals surface area contributed by atoms with Gasteiger partial charge in [-0.05, 0) is 37.3 Å². The Balaban J connectivity index is 2.32. The second-order valence-corrected chi connectivity index (χ2v) is 8.54. The number of halogens is 1. The van der Waals surface area contributed by atoms with Crippen LogP contribution in [0.3, 0.4) is 0 Å². The Morgan fingerprint density at radius 1 is 1.23 bits per heavy atom. The van der Waals surface area contributed by atoms with Crippen LogP contribution in [-0.2, 0) is 10.0 Å². The van der Waals surface area contributed by atoms with Crippen LogP contribution < -0.4 is 10.0 Å². The SMILES string of the molecule is CCS(=O)(=O)Nc1cc2oc(-c3ccc(F)cc3)c(C(=O)NC)c2cc1C(O)CO. The first-order valence-corrected chi connectivity index (χ1v) is 10.7. The van der Waals surface area contributed by atoms with Gasteiger partial charge in [0.1, 0.15) is 23.3 Å². The lowest BCUT2D eigenvalue weighted by Crippen LogP contribution is -2.19. The summed E-state index contributed by atoms with van der Waals surface area (Å²) in [5.41, 5.74) is 0.851. The molecule has 1 aromatic heterocycles. The van der Waals surface area contributed by atoms with E-state index in [1.165, 1.54) is 50.4 Å². The molecular weight excluding hydrogens is 415 g/mol. The van der Waals surface area contributed by atoms with Crippen LogP contribution >= 0.6 is 0 Å². The number of furan rings is 1. The number of rotatable bonds is 7. The minimum Gasteiger partial charge on any atom is -0.455 e. The van der Waals surface area contributed by atoms with Crippen molar-refractivity contribution in [1.29, 1.82) is 0 Å². The Kier molecular flexibility index (Phi) is 6.11. The normalized spacial score (nSPS) is 12.7. The summed E-state index contributed by atoms with van der Waals surface area (Å²) in [5.74, 6) is -0.994. The molecule has 1 heterocycles. The van der Waals surface area contributed by atoms with Crippen LogP contribution in [0.5, 0.6) is 0 Å². The summed E-state index contributed by atoms with van der Waals surface area (Å²) >= 11 is 0. The van der Waals surface area contributed by atoms with E-state index in [2.05, 4.69) is 10.0 Å². The van der Waals surface area contributed by atoms with Crippen LogP contribution in [0.25, 0.3) is 22.3 Å². The lowest BCUT2D eigenvalue weighted by Gasteiger charge is -2.15. The number of anilines is 1. The van der Waals surface area contributed by atoms with Gasteiger partial charge >= 0.3 is 0 Å². The highest BCUT2D eigenvalue weighted by Crippen LogP contribution is 2.38. The zero-order valence-corrected chi connectivity index (χ0v) is 17.1. The summed E-state index contributed by atoms with van der Waals surface area (Å²) in [6, 6.07) is 8.07. The molecule has 2 aromatic carbocycles. The van der Waals surface area contributed by atoms with Gasteiger partial charge in [-0.1, -0.05) is 0 Å². The molecule has 0 aliphatic rings. The summed E-state index contributed by atoms with van der Waals surface area (Å²) in [6.45, 7) is 0.788. The number of hydrogen-bond acceptors (Lipinski definition) is 6. The van der Waals surface area contributed by atoms with Gasteiger partial charge < -0.3 is 19.9 Å². The van der Waals surface area contributed by atoms with E-state index in [0.717, 1.165) is 0 Å². The number of carbonyl (C=O) groups is 1. The largest absolute Gasteiger partial charge is 0.455 e. The van der Waals surface area contributed by atoms with Crippen molar-refractivity contribution in [2.75, 3.05) is 24.1 Å². The van der Waals surface area contributed by atoms with Crippen LogP contribution in [0.4, 0.5) is 10.1 Å². The Morgan fingerprint density at radius 2 is 1.90 bits per heavy atom. The first kappa shape index (κ1) is 21.8. The molecule has 8 nitrogen and oxygen atoms in total. The molecule has 1 atom stereocenters. The lowest BCUT2D eigenvalue weighted by atomic mass is 10.0. The number of aliphatic hydroxyl groups excluding tert-OH is 2. The first-order valence-electron chi connectivity index (χ1n) is 9.08. The third kappa shape index (κ3) is 4.16. The molecule has 1 amide bonds. The lowest BCUT2D eigenvalue weighted by molar-refractivity contribution is 0.0958. The number of hydrogen-bond donors (Lipinski definition) is 4. The molecule has 0 aliphatic carbocycles. The van der Waals surface area contributed by atoms with Gasteiger partial charge in [0, 0.05) is 29.6 Å². The Bertz CT molecular complexity index is 1190. The molecule has 1 unspecified atom stereocenters. The van der Waals surface area contributed by atoms with Gasteiger partial charge in [0.15, 0.2) is 0 Å². The van der Waals surface area contributed by atoms with Crippen molar-refractivity contribution < 1.29 is 32.2 Å². The maximum Gasteiger partial charge on any atom is 0.255 e. The van der Waals surface area contributed by atoms with E-state index >= 15 is 0 Å². The fourth-order valence-corrected chi connectivity index (χ4v) is 3.67. The van der Waals surface area contributed by atoms with Gasteiger partial charge in [0.2, 0.25) is 10.0 Å². The molecule has 3 aromatic rings. The van der Waals surface area contributed by atoms with E-state index in [-0.39, 0.29) is 33.9 Å². The molecule has 0 radical (unpaired) electrons. The summed E-state index contributed by atoms with van der Waals surface area (Å²) in [6.07, 6.45) is -1.40. The van der Waals surface area contributed by atoms with Gasteiger partial charge in [-0.15, -0.1) is 0 Å². The highest BCUT2D eigenvalue weighted by molar-refractivity contribution is 7.92. The summed E-state index contributed by atoms with van der Waals surface area (Å²) in [4.78, 5) is 12.6. The van der Waals surface area contributed by atoms with Crippen molar-refractivity contribution in [3.05, 3.63) is 53.3 Å². The van der Waals surface area contributed by atoms with E-state index in [1.807, 2.05) is 0 Å². The smallest absolute Gasteiger partial charge is 0.255 e. The quantitative estimate of drug-likeness (QED) is 0.450. The predicted octanol–water partition coefficient (Wildman–Crippen LogP) is 2.39. The fourth-order valence-electron chi connectivity index (χ4n) is 3.02. The average molecular weight is 436 g/mol. The molecule has 3 rings (SSSR count). The third-order valence-corrected chi connectivity index (χ3v) is 5.89. The van der Waals surface area contributed by atoms with E-state index in [1.54, 1.807) is 0 Å². The van der Waals surface area contributed by atoms with Crippen LogP contribution in [0.2, 0.25) is 0 Å². The Morgan fingerprint density at radius 3 is 2.47 bits per heavy atom. The van der Waals surface area contributed by atoms with Crippen molar-refractivity contribution in [3.8, 4) is 11.3 Å². The number of benzene rings is 2. The molecule has 160 valence electrons. The van der Waals surface area contributed by atoms with Crippen molar-refractivity contribution in [1.82, 2.24) is 5.32 Å². The van der Waals surface area contributed by atoms with E-state index in [0.29, 0.717) is 10.9 Å². The topological polar surface area (TPSA) is 129 Å². The minimum atomic E-state index is -3.69. The minimum absolute atomic E-state index is 0.0220. The number of amides is 1. The van der Waals surface area contributed by atoms with E-state index in [9.17, 15) is 27.8 Å². The maximum absolute atomic E-state index is 13.3. The molecule has 10 heteroatoms. The monoisotopic (exact) mass is 436 g/mol. The van der Waals surface area contributed by atoms with Gasteiger partial charge in [-0.2, -0.15) is 0 Å². The van der Waals surface area contributed by atoms with Gasteiger partial charge in [-0.25, -0.2) is 12.8 Å². The molecule has 0 aliphatic heterocycles. The number of sulfonamides is 1. The standard InChI is InChI=1S/C20H21FN2O6S/c1-3-30(27,28)23-15-9-17-14(8-13(15)16(25)10-24)18(20(26)22-2)19(29-17)11-4-6-12(21)7-5-11/h4-9,16,23-25H,3,10H2,1-2H3,(H,22,26). The highest BCUT2D eigenvalue weighted by Gasteiger charge is 2.25. The first-order chi connectivity index (χ1) is 14.2. The molecule has 0 saturated heterocycles. The van der Waals surface area contributed by atoms with Crippen LogP contribution in [0, 0.1) is 5.82 Å². The molecule has 0 spiro atoms.